The van der Waals surface area contributed by atoms with Crippen molar-refractivity contribution in [3.63, 3.8) is 0 Å². The Morgan fingerprint density at radius 3 is 2.65 bits per heavy atom. The van der Waals surface area contributed by atoms with Crippen molar-refractivity contribution in [3.8, 4) is 11.3 Å². The molecule has 8 rings (SSSR count). The van der Waals surface area contributed by atoms with E-state index in [2.05, 4.69) is 15.0 Å². The first kappa shape index (κ1) is 23.6. The Balaban J connectivity index is 1.09. The Bertz CT molecular complexity index is 1500. The number of hydrogen-bond acceptors (Lipinski definition) is 7. The second-order valence-electron chi connectivity index (χ2n) is 10.1. The molecule has 4 fully saturated rings. The average Bonchev–Trinajstić information content (AvgIpc) is 3.50. The number of rotatable bonds is 7. The fourth-order valence-electron chi connectivity index (χ4n) is 5.70. The van der Waals surface area contributed by atoms with E-state index in [1.165, 1.54) is 17.4 Å². The van der Waals surface area contributed by atoms with Crippen molar-refractivity contribution in [2.45, 2.75) is 37.9 Å². The molecule has 4 aliphatic rings. The van der Waals surface area contributed by atoms with Crippen molar-refractivity contribution in [2.75, 3.05) is 18.0 Å². The quantitative estimate of drug-likeness (QED) is 0.225. The fourth-order valence-corrected chi connectivity index (χ4v) is 7.32. The minimum Gasteiger partial charge on any atom is -0.373 e. The summed E-state index contributed by atoms with van der Waals surface area (Å²) in [7, 11) is 0. The lowest BCUT2D eigenvalue weighted by Crippen LogP contribution is -2.59. The van der Waals surface area contributed by atoms with E-state index < -0.39 is 5.82 Å². The summed E-state index contributed by atoms with van der Waals surface area (Å²) in [6.07, 6.45) is 4.05. The SMILES string of the molecule is O=Cc1cc(F)c2nc(N3CC4CC(C3)C4OCc3c(-c4c(Cl)cccc4Cl)noc3C3CC3)sc2c1. The number of aldehydes is 1. The highest BCUT2D eigenvalue weighted by atomic mass is 35.5. The summed E-state index contributed by atoms with van der Waals surface area (Å²) in [6.45, 7) is 1.99. The van der Waals surface area contributed by atoms with Crippen LogP contribution in [0.2, 0.25) is 10.0 Å². The average molecular weight is 558 g/mol. The van der Waals surface area contributed by atoms with Gasteiger partial charge in [-0.1, -0.05) is 45.8 Å². The van der Waals surface area contributed by atoms with Crippen molar-refractivity contribution in [2.24, 2.45) is 11.8 Å². The van der Waals surface area contributed by atoms with E-state index in [1.807, 2.05) is 6.07 Å². The van der Waals surface area contributed by atoms with Crippen LogP contribution in [0.3, 0.4) is 0 Å². The van der Waals surface area contributed by atoms with Gasteiger partial charge in [0.25, 0.3) is 0 Å². The molecule has 0 N–H and O–H groups in total. The highest BCUT2D eigenvalue weighted by Crippen LogP contribution is 2.48. The predicted molar refractivity (Wildman–Crippen MR) is 141 cm³/mol. The molecule has 2 aliphatic heterocycles. The number of aromatic nitrogens is 2. The number of carbonyl (C=O) groups is 1. The number of anilines is 1. The van der Waals surface area contributed by atoms with Crippen LogP contribution in [0.1, 0.15) is 46.9 Å². The van der Waals surface area contributed by atoms with Gasteiger partial charge in [-0.25, -0.2) is 9.37 Å². The van der Waals surface area contributed by atoms with Crippen LogP contribution in [0.5, 0.6) is 0 Å². The first-order valence-corrected chi connectivity index (χ1v) is 13.9. The molecule has 4 heterocycles. The second kappa shape index (κ2) is 9.05. The Hall–Kier alpha value is -2.52. The van der Waals surface area contributed by atoms with Crippen LogP contribution >= 0.6 is 34.5 Å². The van der Waals surface area contributed by atoms with Gasteiger partial charge in [-0.15, -0.1) is 0 Å². The molecule has 6 nitrogen and oxygen atoms in total. The van der Waals surface area contributed by atoms with Gasteiger partial charge in [0.15, 0.2) is 10.9 Å². The van der Waals surface area contributed by atoms with Crippen molar-refractivity contribution in [1.82, 2.24) is 10.1 Å². The number of hydrogen-bond donors (Lipinski definition) is 0. The molecular formula is C27H22Cl2FN3O3S. The molecule has 2 atom stereocenters. The molecule has 2 aliphatic carbocycles. The molecular weight excluding hydrogens is 536 g/mol. The van der Waals surface area contributed by atoms with E-state index in [4.69, 9.17) is 32.5 Å². The predicted octanol–water partition coefficient (Wildman–Crippen LogP) is 7.13. The fraction of sp³-hybridized carbons (Fsp3) is 0.370. The number of nitrogens with zero attached hydrogens (tertiary/aromatic N) is 3. The van der Waals surface area contributed by atoms with E-state index >= 15 is 0 Å². The summed E-state index contributed by atoms with van der Waals surface area (Å²) in [4.78, 5) is 17.9. The van der Waals surface area contributed by atoms with Crippen molar-refractivity contribution in [1.29, 1.82) is 0 Å². The van der Waals surface area contributed by atoms with Gasteiger partial charge in [0.05, 0.1) is 27.5 Å². The van der Waals surface area contributed by atoms with Crippen LogP contribution in [0.4, 0.5) is 9.52 Å². The number of halogens is 3. The molecule has 2 aromatic carbocycles. The molecule has 10 heteroatoms. The number of ether oxygens (including phenoxy) is 1. The molecule has 0 spiro atoms. The summed E-state index contributed by atoms with van der Waals surface area (Å²) in [6, 6.07) is 8.35. The first-order chi connectivity index (χ1) is 18.0. The minimum absolute atomic E-state index is 0.126. The number of benzene rings is 2. The van der Waals surface area contributed by atoms with Crippen LogP contribution < -0.4 is 4.90 Å². The summed E-state index contributed by atoms with van der Waals surface area (Å²) >= 11 is 14.4. The summed E-state index contributed by atoms with van der Waals surface area (Å²) in [5.74, 6) is 1.51. The Morgan fingerprint density at radius 1 is 1.19 bits per heavy atom. The normalized spacial score (nSPS) is 22.9. The van der Waals surface area contributed by atoms with Gasteiger partial charge in [-0.3, -0.25) is 4.79 Å². The van der Waals surface area contributed by atoms with Crippen molar-refractivity contribution >= 4 is 56.2 Å². The van der Waals surface area contributed by atoms with Gasteiger partial charge in [-0.2, -0.15) is 0 Å². The highest BCUT2D eigenvalue weighted by molar-refractivity contribution is 7.22. The van der Waals surface area contributed by atoms with Crippen molar-refractivity contribution in [3.05, 3.63) is 63.1 Å². The Morgan fingerprint density at radius 2 is 1.95 bits per heavy atom. The third-order valence-electron chi connectivity index (χ3n) is 7.70. The van der Waals surface area contributed by atoms with E-state index in [9.17, 15) is 9.18 Å². The monoisotopic (exact) mass is 557 g/mol. The maximum atomic E-state index is 14.4. The third-order valence-corrected chi connectivity index (χ3v) is 9.39. The van der Waals surface area contributed by atoms with Gasteiger partial charge in [-0.05, 0) is 43.5 Å². The van der Waals surface area contributed by atoms with Crippen LogP contribution in [-0.4, -0.2) is 35.6 Å². The van der Waals surface area contributed by atoms with Crippen LogP contribution in [0, 0.1) is 17.7 Å². The van der Waals surface area contributed by atoms with E-state index in [-0.39, 0.29) is 6.10 Å². The maximum Gasteiger partial charge on any atom is 0.186 e. The van der Waals surface area contributed by atoms with Gasteiger partial charge in [0, 0.05) is 47.5 Å². The summed E-state index contributed by atoms with van der Waals surface area (Å²) < 4.78 is 27.4. The Kier molecular flexibility index (Phi) is 5.77. The maximum absolute atomic E-state index is 14.4. The highest BCUT2D eigenvalue weighted by Gasteiger charge is 2.48. The lowest BCUT2D eigenvalue weighted by atomic mass is 9.68. The molecule has 37 heavy (non-hydrogen) atoms. The Labute approximate surface area is 226 Å². The third kappa shape index (κ3) is 4.05. The molecule has 0 amide bonds. The zero-order valence-electron chi connectivity index (χ0n) is 19.6. The van der Waals surface area contributed by atoms with Gasteiger partial charge < -0.3 is 14.2 Å². The van der Waals surface area contributed by atoms with E-state index in [0.29, 0.717) is 67.7 Å². The standard InChI is InChI=1S/C27H22Cl2FN3O3S/c28-18-2-1-3-19(29)22(18)23-17(26(36-32-23)14-4-5-14)12-35-25-15-8-16(25)10-33(9-15)27-31-24-20(30)6-13(11-34)7-21(24)37-27/h1-3,6-7,11,14-16,25H,4-5,8-10,12H2. The van der Waals surface area contributed by atoms with Gasteiger partial charge in [0.1, 0.15) is 23.3 Å². The van der Waals surface area contributed by atoms with E-state index in [1.54, 1.807) is 18.2 Å². The molecule has 2 bridgehead atoms. The zero-order chi connectivity index (χ0) is 25.3. The summed E-state index contributed by atoms with van der Waals surface area (Å²) in [5, 5.41) is 6.22. The number of thiazole rings is 1. The topological polar surface area (TPSA) is 68.5 Å². The lowest BCUT2D eigenvalue weighted by molar-refractivity contribution is -0.111. The lowest BCUT2D eigenvalue weighted by Gasteiger charge is -2.53. The molecule has 0 radical (unpaired) electrons. The van der Waals surface area contributed by atoms with Crippen molar-refractivity contribution < 1.29 is 18.4 Å². The number of fused-ring (bicyclic) bond motifs is 3. The van der Waals surface area contributed by atoms with Crippen LogP contribution in [-0.2, 0) is 11.3 Å². The molecule has 2 unspecified atom stereocenters. The molecule has 4 aromatic rings. The molecule has 2 aromatic heterocycles. The summed E-state index contributed by atoms with van der Waals surface area (Å²) in [5.41, 5.74) is 2.93. The van der Waals surface area contributed by atoms with Crippen LogP contribution in [0.15, 0.2) is 34.9 Å². The zero-order valence-corrected chi connectivity index (χ0v) is 22.0. The minimum atomic E-state index is -0.458. The second-order valence-corrected chi connectivity index (χ2v) is 12.0. The largest absolute Gasteiger partial charge is 0.373 e. The molecule has 190 valence electrons. The smallest absolute Gasteiger partial charge is 0.186 e. The number of piperidine rings is 2. The van der Waals surface area contributed by atoms with Gasteiger partial charge >= 0.3 is 0 Å². The molecule has 2 saturated carbocycles. The molecule has 2 saturated heterocycles. The number of carbonyl (C=O) groups excluding carboxylic acids is 1. The van der Waals surface area contributed by atoms with E-state index in [0.717, 1.165) is 48.8 Å². The first-order valence-electron chi connectivity index (χ1n) is 12.3. The van der Waals surface area contributed by atoms with Crippen LogP contribution in [0.25, 0.3) is 21.5 Å². The van der Waals surface area contributed by atoms with Gasteiger partial charge in [0.2, 0.25) is 0 Å².